The topological polar surface area (TPSA) is 83.9 Å². The van der Waals surface area contributed by atoms with Gasteiger partial charge in [-0.1, -0.05) is 12.1 Å². The number of ketones is 1. The lowest BCUT2D eigenvalue weighted by molar-refractivity contribution is -0.148. The minimum atomic E-state index is -1.16. The predicted molar refractivity (Wildman–Crippen MR) is 64.7 cm³/mol. The average Bonchev–Trinajstić information content (AvgIpc) is 2.69. The van der Waals surface area contributed by atoms with Crippen molar-refractivity contribution >= 4 is 17.7 Å². The summed E-state index contributed by atoms with van der Waals surface area (Å²) in [7, 11) is 1.51. The second-order valence-corrected chi connectivity index (χ2v) is 4.25. The SMILES string of the molecule is COc1ccc(C(C(=O)O)N2CC(=O)CC2=O)cc1. The molecule has 0 bridgehead atoms. The highest BCUT2D eigenvalue weighted by atomic mass is 16.5. The number of rotatable bonds is 4. The Hall–Kier alpha value is -2.37. The Bertz CT molecular complexity index is 522. The molecule has 2 rings (SSSR count). The largest absolute Gasteiger partial charge is 0.497 e. The van der Waals surface area contributed by atoms with Crippen molar-refractivity contribution in [2.75, 3.05) is 13.7 Å². The zero-order chi connectivity index (χ0) is 14.0. The number of carbonyl (C=O) groups is 3. The maximum absolute atomic E-state index is 11.6. The number of Topliss-reactive ketones (excluding diaryl/α,β-unsaturated/α-hetero) is 1. The summed E-state index contributed by atoms with van der Waals surface area (Å²) in [6.45, 7) is -0.151. The van der Waals surface area contributed by atoms with Crippen LogP contribution in [0.3, 0.4) is 0 Å². The van der Waals surface area contributed by atoms with Crippen molar-refractivity contribution < 1.29 is 24.2 Å². The molecule has 1 unspecified atom stereocenters. The van der Waals surface area contributed by atoms with Crippen LogP contribution in [0, 0.1) is 0 Å². The van der Waals surface area contributed by atoms with Crippen molar-refractivity contribution in [1.82, 2.24) is 4.90 Å². The van der Waals surface area contributed by atoms with Crippen LogP contribution in [0.15, 0.2) is 24.3 Å². The Morgan fingerprint density at radius 1 is 1.32 bits per heavy atom. The number of benzene rings is 1. The fraction of sp³-hybridized carbons (Fsp3) is 0.308. The van der Waals surface area contributed by atoms with Crippen molar-refractivity contribution in [2.45, 2.75) is 12.5 Å². The van der Waals surface area contributed by atoms with E-state index in [0.29, 0.717) is 11.3 Å². The lowest BCUT2D eigenvalue weighted by atomic mass is 10.1. The van der Waals surface area contributed by atoms with Crippen LogP contribution in [0.4, 0.5) is 0 Å². The van der Waals surface area contributed by atoms with Gasteiger partial charge in [-0.05, 0) is 17.7 Å². The highest BCUT2D eigenvalue weighted by molar-refractivity contribution is 6.06. The highest BCUT2D eigenvalue weighted by Crippen LogP contribution is 2.26. The molecule has 1 aliphatic heterocycles. The van der Waals surface area contributed by atoms with Gasteiger partial charge in [0.15, 0.2) is 11.8 Å². The molecule has 1 aromatic carbocycles. The van der Waals surface area contributed by atoms with Crippen molar-refractivity contribution in [1.29, 1.82) is 0 Å². The molecule has 0 aromatic heterocycles. The zero-order valence-electron chi connectivity index (χ0n) is 10.3. The van der Waals surface area contributed by atoms with Crippen LogP contribution in [0.5, 0.6) is 5.75 Å². The number of methoxy groups -OCH3 is 1. The van der Waals surface area contributed by atoms with Crippen molar-refractivity contribution in [3.63, 3.8) is 0 Å². The summed E-state index contributed by atoms with van der Waals surface area (Å²) in [6, 6.07) is 5.26. The Labute approximate surface area is 109 Å². The molecule has 6 nitrogen and oxygen atoms in total. The number of ether oxygens (including phenoxy) is 1. The number of aliphatic carboxylic acids is 1. The van der Waals surface area contributed by atoms with Crippen LogP contribution < -0.4 is 4.74 Å². The number of carbonyl (C=O) groups excluding carboxylic acids is 2. The molecule has 0 saturated carbocycles. The van der Waals surface area contributed by atoms with E-state index in [2.05, 4.69) is 0 Å². The van der Waals surface area contributed by atoms with Gasteiger partial charge < -0.3 is 14.7 Å². The summed E-state index contributed by atoms with van der Waals surface area (Å²) in [5.41, 5.74) is 0.441. The van der Waals surface area contributed by atoms with Gasteiger partial charge >= 0.3 is 5.97 Å². The smallest absolute Gasteiger partial charge is 0.331 e. The number of carboxylic acid groups (broad SMARTS) is 1. The van der Waals surface area contributed by atoms with Crippen molar-refractivity contribution in [3.05, 3.63) is 29.8 Å². The molecule has 1 atom stereocenters. The fourth-order valence-electron chi connectivity index (χ4n) is 2.08. The summed E-state index contributed by atoms with van der Waals surface area (Å²) in [6.07, 6.45) is -0.222. The molecule has 19 heavy (non-hydrogen) atoms. The van der Waals surface area contributed by atoms with Gasteiger partial charge in [0, 0.05) is 0 Å². The van der Waals surface area contributed by atoms with E-state index >= 15 is 0 Å². The molecule has 1 N–H and O–H groups in total. The number of carboxylic acids is 1. The van der Waals surface area contributed by atoms with Gasteiger partial charge in [-0.15, -0.1) is 0 Å². The number of amides is 1. The third kappa shape index (κ3) is 2.57. The first-order valence-electron chi connectivity index (χ1n) is 5.71. The minimum Gasteiger partial charge on any atom is -0.497 e. The van der Waals surface area contributed by atoms with Gasteiger partial charge in [0.2, 0.25) is 5.91 Å². The molecule has 1 saturated heterocycles. The molecule has 6 heteroatoms. The lowest BCUT2D eigenvalue weighted by Crippen LogP contribution is -2.35. The van der Waals surface area contributed by atoms with E-state index in [1.165, 1.54) is 7.11 Å². The molecular formula is C13H13NO5. The first kappa shape index (κ1) is 13.1. The first-order valence-corrected chi connectivity index (χ1v) is 5.71. The Morgan fingerprint density at radius 2 is 1.95 bits per heavy atom. The summed E-state index contributed by atoms with van der Waals surface area (Å²) in [5.74, 6) is -1.28. The van der Waals surface area contributed by atoms with Gasteiger partial charge in [0.05, 0.1) is 20.1 Å². The molecule has 1 fully saturated rings. The fourth-order valence-corrected chi connectivity index (χ4v) is 2.08. The molecular weight excluding hydrogens is 250 g/mol. The van der Waals surface area contributed by atoms with Gasteiger partial charge in [0.25, 0.3) is 0 Å². The van der Waals surface area contributed by atoms with Crippen LogP contribution in [0.1, 0.15) is 18.0 Å². The second-order valence-electron chi connectivity index (χ2n) is 4.25. The monoisotopic (exact) mass is 263 g/mol. The Morgan fingerprint density at radius 3 is 2.37 bits per heavy atom. The van der Waals surface area contributed by atoms with E-state index in [1.54, 1.807) is 24.3 Å². The van der Waals surface area contributed by atoms with Crippen LogP contribution in [0.2, 0.25) is 0 Å². The number of nitrogens with zero attached hydrogens (tertiary/aromatic N) is 1. The first-order chi connectivity index (χ1) is 9.02. The van der Waals surface area contributed by atoms with Crippen LogP contribution in [-0.2, 0) is 14.4 Å². The van der Waals surface area contributed by atoms with E-state index < -0.39 is 17.9 Å². The third-order valence-corrected chi connectivity index (χ3v) is 2.99. The number of hydrogen-bond acceptors (Lipinski definition) is 4. The Balaban J connectivity index is 2.32. The summed E-state index contributed by atoms with van der Waals surface area (Å²) in [5, 5.41) is 9.28. The zero-order valence-corrected chi connectivity index (χ0v) is 10.3. The summed E-state index contributed by atoms with van der Waals surface area (Å²) in [4.78, 5) is 35.3. The van der Waals surface area contributed by atoms with Crippen LogP contribution >= 0.6 is 0 Å². The molecule has 0 radical (unpaired) electrons. The van der Waals surface area contributed by atoms with E-state index in [-0.39, 0.29) is 18.7 Å². The van der Waals surface area contributed by atoms with Crippen LogP contribution in [-0.4, -0.2) is 41.3 Å². The van der Waals surface area contributed by atoms with E-state index in [1.807, 2.05) is 0 Å². The summed E-state index contributed by atoms with van der Waals surface area (Å²) >= 11 is 0. The number of hydrogen-bond donors (Lipinski definition) is 1. The molecule has 1 aromatic rings. The van der Waals surface area contributed by atoms with E-state index in [0.717, 1.165) is 4.90 Å². The lowest BCUT2D eigenvalue weighted by Gasteiger charge is -2.23. The van der Waals surface area contributed by atoms with Gasteiger partial charge in [-0.3, -0.25) is 9.59 Å². The standard InChI is InChI=1S/C13H13NO5/c1-19-10-4-2-8(3-5-10)12(13(17)18)14-7-9(15)6-11(14)16/h2-5,12H,6-7H2,1H3,(H,17,18). The van der Waals surface area contributed by atoms with Crippen LogP contribution in [0.25, 0.3) is 0 Å². The molecule has 1 aliphatic rings. The molecule has 100 valence electrons. The van der Waals surface area contributed by atoms with Gasteiger partial charge in [-0.25, -0.2) is 4.79 Å². The van der Waals surface area contributed by atoms with Crippen molar-refractivity contribution in [3.8, 4) is 5.75 Å². The van der Waals surface area contributed by atoms with E-state index in [4.69, 9.17) is 4.74 Å². The predicted octanol–water partition coefficient (Wildman–Crippen LogP) is 0.622. The molecule has 0 aliphatic carbocycles. The quantitative estimate of drug-likeness (QED) is 0.805. The maximum Gasteiger partial charge on any atom is 0.331 e. The van der Waals surface area contributed by atoms with Crippen molar-refractivity contribution in [2.24, 2.45) is 0 Å². The summed E-state index contributed by atoms with van der Waals surface area (Å²) < 4.78 is 4.99. The molecule has 0 spiro atoms. The maximum atomic E-state index is 11.6. The second kappa shape index (κ2) is 5.09. The third-order valence-electron chi connectivity index (χ3n) is 2.99. The average molecular weight is 263 g/mol. The minimum absolute atomic E-state index is 0.151. The Kier molecular flexibility index (Phi) is 3.50. The number of likely N-dealkylation sites (tertiary alicyclic amines) is 1. The van der Waals surface area contributed by atoms with E-state index in [9.17, 15) is 19.5 Å². The van der Waals surface area contributed by atoms with Gasteiger partial charge in [0.1, 0.15) is 5.75 Å². The van der Waals surface area contributed by atoms with Gasteiger partial charge in [-0.2, -0.15) is 0 Å². The normalized spacial score (nSPS) is 16.6. The highest BCUT2D eigenvalue weighted by Gasteiger charge is 2.37. The molecule has 1 amide bonds. The molecule has 1 heterocycles.